The lowest BCUT2D eigenvalue weighted by Gasteiger charge is -2.20. The number of nitrogens with one attached hydrogen (secondary N) is 2. The summed E-state index contributed by atoms with van der Waals surface area (Å²) in [5, 5.41) is 3.60. The predicted octanol–water partition coefficient (Wildman–Crippen LogP) is 4.38. The number of hydrogen-bond donors (Lipinski definition) is 2. The normalized spacial score (nSPS) is 12.4. The molecule has 0 spiro atoms. The number of pyridine rings is 1. The van der Waals surface area contributed by atoms with Crippen LogP contribution in [0, 0.1) is 13.8 Å². The van der Waals surface area contributed by atoms with Crippen molar-refractivity contribution in [2.45, 2.75) is 31.2 Å². The van der Waals surface area contributed by atoms with Crippen molar-refractivity contribution >= 4 is 32.5 Å². The molecule has 0 saturated heterocycles. The topological polar surface area (TPSA) is 88.2 Å². The van der Waals surface area contributed by atoms with Crippen LogP contribution < -0.4 is 10.0 Å². The number of anilines is 1. The van der Waals surface area contributed by atoms with E-state index in [0.29, 0.717) is 16.6 Å². The van der Waals surface area contributed by atoms with Crippen molar-refractivity contribution in [2.75, 3.05) is 5.32 Å². The predicted molar refractivity (Wildman–Crippen MR) is 131 cm³/mol. The van der Waals surface area contributed by atoms with E-state index in [1.54, 1.807) is 30.5 Å². The zero-order chi connectivity index (χ0) is 23.4. The Kier molecular flexibility index (Phi) is 6.53. The second-order valence-electron chi connectivity index (χ2n) is 8.00. The fourth-order valence-electron chi connectivity index (χ4n) is 3.76. The zero-order valence-electron chi connectivity index (χ0n) is 18.4. The van der Waals surface area contributed by atoms with E-state index >= 15 is 0 Å². The average Bonchev–Trinajstić information content (AvgIpc) is 2.80. The van der Waals surface area contributed by atoms with Gasteiger partial charge in [-0.05, 0) is 49.6 Å². The molecule has 6 nitrogen and oxygen atoms in total. The van der Waals surface area contributed by atoms with Gasteiger partial charge in [-0.2, -0.15) is 4.72 Å². The molecule has 1 amide bonds. The van der Waals surface area contributed by atoms with Gasteiger partial charge in [0.05, 0.1) is 5.52 Å². The first-order chi connectivity index (χ1) is 15.8. The molecule has 4 rings (SSSR count). The molecule has 2 N–H and O–H groups in total. The molecule has 1 aromatic heterocycles. The first-order valence-corrected chi connectivity index (χ1v) is 12.1. The van der Waals surface area contributed by atoms with E-state index < -0.39 is 22.0 Å². The van der Waals surface area contributed by atoms with Crippen LogP contribution in [0.4, 0.5) is 5.69 Å². The van der Waals surface area contributed by atoms with Crippen molar-refractivity contribution in [1.29, 1.82) is 0 Å². The van der Waals surface area contributed by atoms with Gasteiger partial charge in [-0.1, -0.05) is 66.2 Å². The van der Waals surface area contributed by atoms with Gasteiger partial charge in [0, 0.05) is 17.3 Å². The lowest BCUT2D eigenvalue weighted by atomic mass is 10.1. The molecule has 4 aromatic rings. The van der Waals surface area contributed by atoms with Gasteiger partial charge in [-0.15, -0.1) is 0 Å². The summed E-state index contributed by atoms with van der Waals surface area (Å²) in [4.78, 5) is 17.6. The number of hydrogen-bond acceptors (Lipinski definition) is 4. The molecular formula is C26H25N3O3S. The summed E-state index contributed by atoms with van der Waals surface area (Å²) in [5.41, 5.74) is 3.84. The number of aromatic nitrogens is 1. The monoisotopic (exact) mass is 459 g/mol. The summed E-state index contributed by atoms with van der Waals surface area (Å²) in [6.45, 7) is 3.88. The molecule has 168 valence electrons. The highest BCUT2D eigenvalue weighted by Crippen LogP contribution is 2.22. The fraction of sp³-hybridized carbons (Fsp3) is 0.154. The molecule has 0 aliphatic rings. The molecule has 0 saturated carbocycles. The van der Waals surface area contributed by atoms with Crippen LogP contribution in [0.3, 0.4) is 0 Å². The van der Waals surface area contributed by atoms with Gasteiger partial charge in [-0.3, -0.25) is 9.78 Å². The average molecular weight is 460 g/mol. The number of benzene rings is 3. The number of aryl methyl sites for hydroxylation is 2. The standard InChI is InChI=1S/C26H25N3O3S/c1-18-13-14-22(19(2)16-18)28-26(30)23(17-20-8-4-3-5-9-20)29-33(31,32)24-12-6-10-21-11-7-15-27-25(21)24/h3-16,23,29H,17H2,1-2H3,(H,28,30)/t23-/m1/s1. The molecule has 0 radical (unpaired) electrons. The van der Waals surface area contributed by atoms with Crippen LogP contribution in [0.25, 0.3) is 10.9 Å². The molecule has 0 aliphatic heterocycles. The molecule has 33 heavy (non-hydrogen) atoms. The van der Waals surface area contributed by atoms with Crippen molar-refractivity contribution in [1.82, 2.24) is 9.71 Å². The van der Waals surface area contributed by atoms with Crippen molar-refractivity contribution in [3.8, 4) is 0 Å². The van der Waals surface area contributed by atoms with Crippen molar-refractivity contribution in [2.24, 2.45) is 0 Å². The maximum Gasteiger partial charge on any atom is 0.243 e. The van der Waals surface area contributed by atoms with Gasteiger partial charge in [0.25, 0.3) is 0 Å². The second-order valence-corrected chi connectivity index (χ2v) is 9.68. The van der Waals surface area contributed by atoms with Crippen LogP contribution in [0.1, 0.15) is 16.7 Å². The van der Waals surface area contributed by atoms with Crippen molar-refractivity contribution in [3.05, 3.63) is 102 Å². The molecular weight excluding hydrogens is 434 g/mol. The van der Waals surface area contributed by atoms with Gasteiger partial charge < -0.3 is 5.32 Å². The third-order valence-corrected chi connectivity index (χ3v) is 6.92. The molecule has 0 aliphatic carbocycles. The lowest BCUT2D eigenvalue weighted by Crippen LogP contribution is -2.45. The summed E-state index contributed by atoms with van der Waals surface area (Å²) in [6, 6.07) is 22.5. The Morgan fingerprint density at radius 2 is 1.70 bits per heavy atom. The Morgan fingerprint density at radius 1 is 0.939 bits per heavy atom. The van der Waals surface area contributed by atoms with Crippen molar-refractivity contribution in [3.63, 3.8) is 0 Å². The Labute approximate surface area is 193 Å². The number of carbonyl (C=O) groups is 1. The van der Waals surface area contributed by atoms with Gasteiger partial charge in [-0.25, -0.2) is 8.42 Å². The minimum Gasteiger partial charge on any atom is -0.324 e. The first kappa shape index (κ1) is 22.6. The molecule has 1 heterocycles. The Bertz CT molecular complexity index is 1400. The van der Waals surface area contributed by atoms with Crippen LogP contribution in [0.2, 0.25) is 0 Å². The van der Waals surface area contributed by atoms with Gasteiger partial charge >= 0.3 is 0 Å². The highest BCUT2D eigenvalue weighted by atomic mass is 32.2. The number of nitrogens with zero attached hydrogens (tertiary/aromatic N) is 1. The number of amides is 1. The second kappa shape index (κ2) is 9.52. The van der Waals surface area contributed by atoms with E-state index in [1.807, 2.05) is 62.4 Å². The summed E-state index contributed by atoms with van der Waals surface area (Å²) >= 11 is 0. The molecule has 3 aromatic carbocycles. The lowest BCUT2D eigenvalue weighted by molar-refractivity contribution is -0.117. The molecule has 0 bridgehead atoms. The number of fused-ring (bicyclic) bond motifs is 1. The number of carbonyl (C=O) groups excluding carboxylic acids is 1. The molecule has 0 unspecified atom stereocenters. The van der Waals surface area contributed by atoms with E-state index in [1.165, 1.54) is 6.07 Å². The summed E-state index contributed by atoms with van der Waals surface area (Å²) < 4.78 is 29.4. The van der Waals surface area contributed by atoms with Gasteiger partial charge in [0.2, 0.25) is 15.9 Å². The Hall–Kier alpha value is -3.55. The number of rotatable bonds is 7. The van der Waals surface area contributed by atoms with E-state index in [4.69, 9.17) is 0 Å². The van der Waals surface area contributed by atoms with Crippen LogP contribution >= 0.6 is 0 Å². The first-order valence-electron chi connectivity index (χ1n) is 10.6. The minimum atomic E-state index is -4.03. The van der Waals surface area contributed by atoms with Gasteiger partial charge in [0.1, 0.15) is 10.9 Å². The van der Waals surface area contributed by atoms with E-state index in [9.17, 15) is 13.2 Å². The largest absolute Gasteiger partial charge is 0.324 e. The minimum absolute atomic E-state index is 0.0398. The van der Waals surface area contributed by atoms with Crippen molar-refractivity contribution < 1.29 is 13.2 Å². The van der Waals surface area contributed by atoms with Crippen LogP contribution in [0.15, 0.2) is 90.0 Å². The molecule has 0 fully saturated rings. The quantitative estimate of drug-likeness (QED) is 0.429. The summed E-state index contributed by atoms with van der Waals surface area (Å²) in [5.74, 6) is -0.428. The van der Waals surface area contributed by atoms with Gasteiger partial charge in [0.15, 0.2) is 0 Å². The smallest absolute Gasteiger partial charge is 0.243 e. The molecule has 7 heteroatoms. The Balaban J connectivity index is 1.67. The zero-order valence-corrected chi connectivity index (χ0v) is 19.3. The highest BCUT2D eigenvalue weighted by Gasteiger charge is 2.28. The molecule has 1 atom stereocenters. The van der Waals surface area contributed by atoms with Crippen LogP contribution in [-0.4, -0.2) is 25.4 Å². The SMILES string of the molecule is Cc1ccc(NC(=O)[C@@H](Cc2ccccc2)NS(=O)(=O)c2cccc3cccnc23)c(C)c1. The Morgan fingerprint density at radius 3 is 2.45 bits per heavy atom. The number of sulfonamides is 1. The van der Waals surface area contributed by atoms with Crippen LogP contribution in [-0.2, 0) is 21.2 Å². The van der Waals surface area contributed by atoms with E-state index in [-0.39, 0.29) is 11.3 Å². The summed E-state index contributed by atoms with van der Waals surface area (Å²) in [7, 11) is -4.03. The highest BCUT2D eigenvalue weighted by molar-refractivity contribution is 7.89. The van der Waals surface area contributed by atoms with E-state index in [2.05, 4.69) is 15.0 Å². The van der Waals surface area contributed by atoms with Crippen LogP contribution in [0.5, 0.6) is 0 Å². The van der Waals surface area contributed by atoms with E-state index in [0.717, 1.165) is 16.7 Å². The fourth-order valence-corrected chi connectivity index (χ4v) is 5.13. The maximum absolute atomic E-state index is 13.4. The third kappa shape index (κ3) is 5.27. The summed E-state index contributed by atoms with van der Waals surface area (Å²) in [6.07, 6.45) is 1.75. The third-order valence-electron chi connectivity index (χ3n) is 5.42. The number of para-hydroxylation sites is 1. The maximum atomic E-state index is 13.4.